The first-order chi connectivity index (χ1) is 14.2. The molecule has 2 aromatic carbocycles. The largest absolute Gasteiger partial charge is 0.496 e. The zero-order valence-electron chi connectivity index (χ0n) is 16.5. The molecule has 0 bridgehead atoms. The summed E-state index contributed by atoms with van der Waals surface area (Å²) in [5, 5.41) is 11.4. The molecule has 1 amide bonds. The standard InChI is InChI=1S/C21H22FN5O2.ClH/c1-29-20-8-3-2-7-17(20)19-12-23-9-10-27(19)21(28)18-14-26(25-24-18)13-15-5-4-6-16(22)11-15;/h2-8,11,14,19,23H,9-10,12-13H2,1H3;1H. The number of hydrogen-bond acceptors (Lipinski definition) is 5. The molecular weight excluding hydrogens is 409 g/mol. The SMILES string of the molecule is COc1ccccc1C1CNCCN1C(=O)c1cn(Cc2cccc(F)c2)nn1.Cl. The first-order valence-electron chi connectivity index (χ1n) is 9.45. The Balaban J connectivity index is 0.00000256. The van der Waals surface area contributed by atoms with Crippen LogP contribution < -0.4 is 10.1 Å². The molecule has 1 fully saturated rings. The fraction of sp³-hybridized carbons (Fsp3) is 0.286. The van der Waals surface area contributed by atoms with E-state index in [1.807, 2.05) is 24.3 Å². The Morgan fingerprint density at radius 3 is 2.90 bits per heavy atom. The van der Waals surface area contributed by atoms with Crippen molar-refractivity contribution in [1.29, 1.82) is 0 Å². The lowest BCUT2D eigenvalue weighted by Crippen LogP contribution is -2.48. The van der Waals surface area contributed by atoms with E-state index in [-0.39, 0.29) is 35.9 Å². The van der Waals surface area contributed by atoms with Crippen molar-refractivity contribution in [3.05, 3.63) is 77.4 Å². The van der Waals surface area contributed by atoms with Gasteiger partial charge in [-0.3, -0.25) is 4.79 Å². The summed E-state index contributed by atoms with van der Waals surface area (Å²) in [6.45, 7) is 2.23. The second-order valence-corrected chi connectivity index (χ2v) is 6.89. The number of rotatable bonds is 5. The van der Waals surface area contributed by atoms with Crippen LogP contribution in [0.3, 0.4) is 0 Å². The average Bonchev–Trinajstić information content (AvgIpc) is 3.21. The molecule has 9 heteroatoms. The Morgan fingerprint density at radius 2 is 2.10 bits per heavy atom. The summed E-state index contributed by atoms with van der Waals surface area (Å²) in [5.74, 6) is 0.251. The monoisotopic (exact) mass is 431 g/mol. The van der Waals surface area contributed by atoms with Crippen LogP contribution in [0.5, 0.6) is 5.75 Å². The minimum Gasteiger partial charge on any atom is -0.496 e. The molecule has 1 N–H and O–H groups in total. The molecule has 30 heavy (non-hydrogen) atoms. The number of nitrogens with zero attached hydrogens (tertiary/aromatic N) is 4. The van der Waals surface area contributed by atoms with Gasteiger partial charge in [-0.1, -0.05) is 35.5 Å². The minimum absolute atomic E-state index is 0. The second-order valence-electron chi connectivity index (χ2n) is 6.89. The molecule has 1 unspecified atom stereocenters. The molecule has 2 heterocycles. The molecule has 4 rings (SSSR count). The van der Waals surface area contributed by atoms with Gasteiger partial charge in [0.1, 0.15) is 11.6 Å². The van der Waals surface area contributed by atoms with E-state index in [1.54, 1.807) is 35.0 Å². The summed E-state index contributed by atoms with van der Waals surface area (Å²) in [5.41, 5.74) is 1.97. The van der Waals surface area contributed by atoms with Gasteiger partial charge in [0.15, 0.2) is 5.69 Å². The Labute approximate surface area is 180 Å². The zero-order chi connectivity index (χ0) is 20.2. The lowest BCUT2D eigenvalue weighted by atomic mass is 10.0. The number of hydrogen-bond donors (Lipinski definition) is 1. The molecule has 7 nitrogen and oxygen atoms in total. The highest BCUT2D eigenvalue weighted by Gasteiger charge is 2.31. The third kappa shape index (κ3) is 4.60. The summed E-state index contributed by atoms with van der Waals surface area (Å²) in [6, 6.07) is 13.8. The summed E-state index contributed by atoms with van der Waals surface area (Å²) in [6.07, 6.45) is 1.61. The number of halogens is 2. The molecule has 1 aromatic heterocycles. The summed E-state index contributed by atoms with van der Waals surface area (Å²) in [4.78, 5) is 15.0. The highest BCUT2D eigenvalue weighted by molar-refractivity contribution is 5.92. The van der Waals surface area contributed by atoms with E-state index >= 15 is 0 Å². The van der Waals surface area contributed by atoms with Gasteiger partial charge in [-0.25, -0.2) is 9.07 Å². The van der Waals surface area contributed by atoms with Gasteiger partial charge in [0.05, 0.1) is 25.9 Å². The normalized spacial score (nSPS) is 16.1. The molecule has 0 aliphatic carbocycles. The maximum atomic E-state index is 13.4. The minimum atomic E-state index is -0.306. The van der Waals surface area contributed by atoms with Gasteiger partial charge >= 0.3 is 0 Å². The summed E-state index contributed by atoms with van der Waals surface area (Å²) >= 11 is 0. The number of carbonyl (C=O) groups is 1. The molecule has 1 saturated heterocycles. The van der Waals surface area contributed by atoms with Crippen molar-refractivity contribution in [2.45, 2.75) is 12.6 Å². The van der Waals surface area contributed by atoms with E-state index < -0.39 is 0 Å². The second kappa shape index (κ2) is 9.69. The third-order valence-electron chi connectivity index (χ3n) is 4.99. The summed E-state index contributed by atoms with van der Waals surface area (Å²) < 4.78 is 20.4. The molecule has 158 valence electrons. The highest BCUT2D eigenvalue weighted by atomic mass is 35.5. The van der Waals surface area contributed by atoms with Crippen LogP contribution in [0.2, 0.25) is 0 Å². The van der Waals surface area contributed by atoms with Crippen molar-refractivity contribution in [2.75, 3.05) is 26.7 Å². The molecule has 0 radical (unpaired) electrons. The predicted molar refractivity (Wildman–Crippen MR) is 112 cm³/mol. The van der Waals surface area contributed by atoms with Crippen molar-refractivity contribution in [3.8, 4) is 5.75 Å². The van der Waals surface area contributed by atoms with E-state index in [9.17, 15) is 9.18 Å². The molecule has 1 aliphatic rings. The van der Waals surface area contributed by atoms with Crippen LogP contribution in [0.4, 0.5) is 4.39 Å². The first kappa shape index (κ1) is 21.7. The Hall–Kier alpha value is -2.97. The molecule has 1 aliphatic heterocycles. The van der Waals surface area contributed by atoms with Crippen LogP contribution in [-0.4, -0.2) is 52.5 Å². The number of para-hydroxylation sites is 1. The van der Waals surface area contributed by atoms with Crippen LogP contribution >= 0.6 is 12.4 Å². The van der Waals surface area contributed by atoms with Crippen LogP contribution in [-0.2, 0) is 6.54 Å². The van der Waals surface area contributed by atoms with E-state index in [1.165, 1.54) is 12.1 Å². The van der Waals surface area contributed by atoms with Gasteiger partial charge in [0, 0.05) is 25.2 Å². The quantitative estimate of drug-likeness (QED) is 0.672. The van der Waals surface area contributed by atoms with Crippen LogP contribution in [0, 0.1) is 5.82 Å². The zero-order valence-corrected chi connectivity index (χ0v) is 17.3. The molecular formula is C21H23ClFN5O2. The smallest absolute Gasteiger partial charge is 0.276 e. The van der Waals surface area contributed by atoms with Gasteiger partial charge in [-0.2, -0.15) is 0 Å². The molecule has 0 saturated carbocycles. The Bertz CT molecular complexity index is 1010. The van der Waals surface area contributed by atoms with Crippen molar-refractivity contribution >= 4 is 18.3 Å². The number of amides is 1. The van der Waals surface area contributed by atoms with Crippen LogP contribution in [0.1, 0.15) is 27.7 Å². The number of carbonyl (C=O) groups excluding carboxylic acids is 1. The molecule has 0 spiro atoms. The van der Waals surface area contributed by atoms with E-state index in [4.69, 9.17) is 4.74 Å². The van der Waals surface area contributed by atoms with E-state index in [0.29, 0.717) is 26.2 Å². The highest BCUT2D eigenvalue weighted by Crippen LogP contribution is 2.30. The van der Waals surface area contributed by atoms with Crippen molar-refractivity contribution in [1.82, 2.24) is 25.2 Å². The average molecular weight is 432 g/mol. The maximum absolute atomic E-state index is 13.4. The fourth-order valence-corrected chi connectivity index (χ4v) is 3.61. The van der Waals surface area contributed by atoms with Crippen molar-refractivity contribution < 1.29 is 13.9 Å². The number of aromatic nitrogens is 3. The summed E-state index contributed by atoms with van der Waals surface area (Å²) in [7, 11) is 1.62. The van der Waals surface area contributed by atoms with E-state index in [0.717, 1.165) is 16.9 Å². The first-order valence-corrected chi connectivity index (χ1v) is 9.45. The molecule has 1 atom stereocenters. The number of methoxy groups -OCH3 is 1. The Morgan fingerprint density at radius 1 is 1.27 bits per heavy atom. The van der Waals surface area contributed by atoms with Crippen molar-refractivity contribution in [2.24, 2.45) is 0 Å². The number of piperazine rings is 1. The third-order valence-corrected chi connectivity index (χ3v) is 4.99. The van der Waals surface area contributed by atoms with Gasteiger partial charge < -0.3 is 15.0 Å². The van der Waals surface area contributed by atoms with Gasteiger partial charge in [0.25, 0.3) is 5.91 Å². The Kier molecular flexibility index (Phi) is 7.02. The fourth-order valence-electron chi connectivity index (χ4n) is 3.61. The topological polar surface area (TPSA) is 72.3 Å². The lowest BCUT2D eigenvalue weighted by molar-refractivity contribution is 0.0625. The maximum Gasteiger partial charge on any atom is 0.276 e. The van der Waals surface area contributed by atoms with Crippen LogP contribution in [0.25, 0.3) is 0 Å². The van der Waals surface area contributed by atoms with Gasteiger partial charge in [-0.05, 0) is 23.8 Å². The van der Waals surface area contributed by atoms with Crippen molar-refractivity contribution in [3.63, 3.8) is 0 Å². The number of benzene rings is 2. The predicted octanol–water partition coefficient (Wildman–Crippen LogP) is 2.68. The number of ether oxygens (including phenoxy) is 1. The molecule has 3 aromatic rings. The van der Waals surface area contributed by atoms with Gasteiger partial charge in [0.2, 0.25) is 0 Å². The van der Waals surface area contributed by atoms with Crippen LogP contribution in [0.15, 0.2) is 54.7 Å². The van der Waals surface area contributed by atoms with Gasteiger partial charge in [-0.15, -0.1) is 17.5 Å². The van der Waals surface area contributed by atoms with E-state index in [2.05, 4.69) is 15.6 Å². The lowest BCUT2D eigenvalue weighted by Gasteiger charge is -2.36. The number of nitrogens with one attached hydrogen (secondary N) is 1.